The highest BCUT2D eigenvalue weighted by Crippen LogP contribution is 2.29. The van der Waals surface area contributed by atoms with Crippen LogP contribution >= 0.6 is 11.6 Å². The van der Waals surface area contributed by atoms with Crippen molar-refractivity contribution < 1.29 is 20.1 Å². The van der Waals surface area contributed by atoms with Gasteiger partial charge in [-0.05, 0) is 18.2 Å². The molecule has 7 heteroatoms. The predicted molar refractivity (Wildman–Crippen MR) is 62.8 cm³/mol. The molecule has 0 atom stereocenters. The molecular formula is C11H7ClN2O4. The summed E-state index contributed by atoms with van der Waals surface area (Å²) < 4.78 is 0. The van der Waals surface area contributed by atoms with E-state index >= 15 is 0 Å². The number of benzene rings is 1. The number of hydrogen-bond donors (Lipinski definition) is 3. The molecule has 0 aliphatic rings. The standard InChI is InChI=1S/C11H7ClN2O4/c12-6-4-13-10(14-9(6)11(17)18)5-1-2-7(15)8(16)3-5/h1-4,15-16H,(H,17,18). The minimum atomic E-state index is -1.27. The monoisotopic (exact) mass is 266 g/mol. The molecule has 0 aliphatic heterocycles. The molecule has 0 saturated carbocycles. The predicted octanol–water partition coefficient (Wildman–Crippen LogP) is 1.91. The number of aromatic carboxylic acids is 1. The molecule has 0 saturated heterocycles. The zero-order valence-electron chi connectivity index (χ0n) is 8.83. The molecule has 0 amide bonds. The first-order valence-corrected chi connectivity index (χ1v) is 5.15. The van der Waals surface area contributed by atoms with Crippen molar-refractivity contribution in [1.82, 2.24) is 9.97 Å². The van der Waals surface area contributed by atoms with Gasteiger partial charge in [0.05, 0.1) is 11.2 Å². The van der Waals surface area contributed by atoms with E-state index in [-0.39, 0.29) is 28.0 Å². The Bertz CT molecular complexity index is 630. The molecular weight excluding hydrogens is 260 g/mol. The molecule has 0 bridgehead atoms. The first kappa shape index (κ1) is 12.1. The molecule has 1 aromatic carbocycles. The highest BCUT2D eigenvalue weighted by Gasteiger charge is 2.14. The van der Waals surface area contributed by atoms with Gasteiger partial charge in [-0.1, -0.05) is 11.6 Å². The highest BCUT2D eigenvalue weighted by atomic mass is 35.5. The molecule has 0 spiro atoms. The molecule has 1 aromatic heterocycles. The molecule has 2 rings (SSSR count). The van der Waals surface area contributed by atoms with E-state index < -0.39 is 5.97 Å². The van der Waals surface area contributed by atoms with E-state index in [4.69, 9.17) is 16.7 Å². The van der Waals surface area contributed by atoms with E-state index in [9.17, 15) is 15.0 Å². The van der Waals surface area contributed by atoms with Crippen LogP contribution in [0.5, 0.6) is 11.5 Å². The Balaban J connectivity index is 2.54. The van der Waals surface area contributed by atoms with Crippen molar-refractivity contribution in [2.45, 2.75) is 0 Å². The number of rotatable bonds is 2. The van der Waals surface area contributed by atoms with Gasteiger partial charge < -0.3 is 15.3 Å². The number of halogens is 1. The van der Waals surface area contributed by atoms with Crippen LogP contribution in [-0.2, 0) is 0 Å². The molecule has 0 fully saturated rings. The lowest BCUT2D eigenvalue weighted by Gasteiger charge is -2.04. The maximum absolute atomic E-state index is 10.9. The van der Waals surface area contributed by atoms with Crippen LogP contribution in [0.2, 0.25) is 5.02 Å². The molecule has 18 heavy (non-hydrogen) atoms. The van der Waals surface area contributed by atoms with E-state index in [2.05, 4.69) is 9.97 Å². The summed E-state index contributed by atoms with van der Waals surface area (Å²) >= 11 is 5.64. The van der Waals surface area contributed by atoms with Gasteiger partial charge in [-0.25, -0.2) is 14.8 Å². The smallest absolute Gasteiger partial charge is 0.356 e. The Hall–Kier alpha value is -2.34. The summed E-state index contributed by atoms with van der Waals surface area (Å²) in [6, 6.07) is 3.93. The van der Waals surface area contributed by atoms with Crippen LogP contribution < -0.4 is 0 Å². The van der Waals surface area contributed by atoms with Crippen molar-refractivity contribution in [2.24, 2.45) is 0 Å². The zero-order chi connectivity index (χ0) is 13.3. The molecule has 6 nitrogen and oxygen atoms in total. The van der Waals surface area contributed by atoms with Gasteiger partial charge in [0, 0.05) is 5.56 Å². The van der Waals surface area contributed by atoms with E-state index in [0.717, 1.165) is 6.20 Å². The van der Waals surface area contributed by atoms with Crippen LogP contribution in [0, 0.1) is 0 Å². The van der Waals surface area contributed by atoms with Gasteiger partial charge in [0.15, 0.2) is 23.0 Å². The van der Waals surface area contributed by atoms with Crippen LogP contribution in [-0.4, -0.2) is 31.3 Å². The number of aromatic nitrogens is 2. The minimum absolute atomic E-state index is 0.0748. The van der Waals surface area contributed by atoms with E-state index in [1.807, 2.05) is 0 Å². The summed E-state index contributed by atoms with van der Waals surface area (Å²) in [5, 5.41) is 27.3. The second kappa shape index (κ2) is 4.50. The van der Waals surface area contributed by atoms with E-state index in [1.54, 1.807) is 0 Å². The first-order valence-electron chi connectivity index (χ1n) is 4.77. The van der Waals surface area contributed by atoms with Crippen molar-refractivity contribution in [3.8, 4) is 22.9 Å². The molecule has 0 unspecified atom stereocenters. The van der Waals surface area contributed by atoms with Gasteiger partial charge in [0.2, 0.25) is 0 Å². The summed E-state index contributed by atoms with van der Waals surface area (Å²) in [7, 11) is 0. The van der Waals surface area contributed by atoms with Crippen molar-refractivity contribution in [3.05, 3.63) is 35.1 Å². The maximum Gasteiger partial charge on any atom is 0.356 e. The first-order chi connectivity index (χ1) is 8.49. The fourth-order valence-corrected chi connectivity index (χ4v) is 1.49. The number of nitrogens with zero attached hydrogens (tertiary/aromatic N) is 2. The normalized spacial score (nSPS) is 10.3. The quantitative estimate of drug-likeness (QED) is 0.717. The third-order valence-corrected chi connectivity index (χ3v) is 2.46. The van der Waals surface area contributed by atoms with Gasteiger partial charge in [-0.2, -0.15) is 0 Å². The Morgan fingerprint density at radius 2 is 1.94 bits per heavy atom. The number of carboxylic acids is 1. The van der Waals surface area contributed by atoms with Crippen LogP contribution in [0.3, 0.4) is 0 Å². The Kier molecular flexibility index (Phi) is 3.03. The number of hydrogen-bond acceptors (Lipinski definition) is 5. The number of carboxylic acid groups (broad SMARTS) is 1. The maximum atomic E-state index is 10.9. The molecule has 1 heterocycles. The van der Waals surface area contributed by atoms with Crippen molar-refractivity contribution in [2.75, 3.05) is 0 Å². The topological polar surface area (TPSA) is 104 Å². The lowest BCUT2D eigenvalue weighted by Crippen LogP contribution is -2.03. The SMILES string of the molecule is O=C(O)c1nc(-c2ccc(O)c(O)c2)ncc1Cl. The number of phenolic OH excluding ortho intramolecular Hbond substituents is 2. The molecule has 0 aliphatic carbocycles. The summed E-state index contributed by atoms with van der Waals surface area (Å²) in [5.74, 6) is -1.81. The van der Waals surface area contributed by atoms with Crippen LogP contribution in [0.25, 0.3) is 11.4 Å². The summed E-state index contributed by atoms with van der Waals surface area (Å²) in [6.45, 7) is 0. The van der Waals surface area contributed by atoms with Crippen molar-refractivity contribution in [3.63, 3.8) is 0 Å². The van der Waals surface area contributed by atoms with Gasteiger partial charge >= 0.3 is 5.97 Å². The molecule has 2 aromatic rings. The minimum Gasteiger partial charge on any atom is -0.504 e. The second-order valence-electron chi connectivity index (χ2n) is 3.40. The Labute approximate surface area is 106 Å². The van der Waals surface area contributed by atoms with Gasteiger partial charge in [-0.3, -0.25) is 0 Å². The Morgan fingerprint density at radius 3 is 2.56 bits per heavy atom. The van der Waals surface area contributed by atoms with E-state index in [1.165, 1.54) is 18.2 Å². The highest BCUT2D eigenvalue weighted by molar-refractivity contribution is 6.33. The summed E-state index contributed by atoms with van der Waals surface area (Å²) in [6.07, 6.45) is 1.16. The van der Waals surface area contributed by atoms with Crippen LogP contribution in [0.4, 0.5) is 0 Å². The van der Waals surface area contributed by atoms with Crippen molar-refractivity contribution in [1.29, 1.82) is 0 Å². The third kappa shape index (κ3) is 2.18. The lowest BCUT2D eigenvalue weighted by atomic mass is 10.2. The fraction of sp³-hybridized carbons (Fsp3) is 0. The van der Waals surface area contributed by atoms with Crippen LogP contribution in [0.15, 0.2) is 24.4 Å². The largest absolute Gasteiger partial charge is 0.504 e. The van der Waals surface area contributed by atoms with E-state index in [0.29, 0.717) is 5.56 Å². The number of carbonyl (C=O) groups is 1. The third-order valence-electron chi connectivity index (χ3n) is 2.18. The lowest BCUT2D eigenvalue weighted by molar-refractivity contribution is 0.0690. The zero-order valence-corrected chi connectivity index (χ0v) is 9.59. The summed E-state index contributed by atoms with van der Waals surface area (Å²) in [4.78, 5) is 18.5. The number of aromatic hydroxyl groups is 2. The summed E-state index contributed by atoms with van der Waals surface area (Å²) in [5.41, 5.74) is 0.0405. The van der Waals surface area contributed by atoms with Gasteiger partial charge in [-0.15, -0.1) is 0 Å². The molecule has 0 radical (unpaired) electrons. The second-order valence-corrected chi connectivity index (χ2v) is 3.81. The molecule has 92 valence electrons. The Morgan fingerprint density at radius 1 is 1.22 bits per heavy atom. The van der Waals surface area contributed by atoms with Gasteiger partial charge in [0.25, 0.3) is 0 Å². The average Bonchev–Trinajstić information content (AvgIpc) is 2.33. The van der Waals surface area contributed by atoms with Crippen molar-refractivity contribution >= 4 is 17.6 Å². The average molecular weight is 267 g/mol. The van der Waals surface area contributed by atoms with Crippen LogP contribution in [0.1, 0.15) is 10.5 Å². The fourth-order valence-electron chi connectivity index (χ4n) is 1.32. The number of phenols is 2. The van der Waals surface area contributed by atoms with Gasteiger partial charge in [0.1, 0.15) is 0 Å². The molecule has 3 N–H and O–H groups in total.